The third kappa shape index (κ3) is 3.88. The summed E-state index contributed by atoms with van der Waals surface area (Å²) >= 11 is 3.58. The summed E-state index contributed by atoms with van der Waals surface area (Å²) in [5, 5.41) is 3.42. The zero-order valence-electron chi connectivity index (χ0n) is 14.7. The van der Waals surface area contributed by atoms with Gasteiger partial charge in [0.25, 0.3) is 0 Å². The summed E-state index contributed by atoms with van der Waals surface area (Å²) in [6.07, 6.45) is 1.04. The van der Waals surface area contributed by atoms with Crippen LogP contribution in [0.25, 0.3) is 0 Å². The second-order valence-electron chi connectivity index (χ2n) is 6.58. The van der Waals surface area contributed by atoms with Gasteiger partial charge in [-0.05, 0) is 42.2 Å². The molecule has 5 heteroatoms. The molecule has 2 aromatic carbocycles. The van der Waals surface area contributed by atoms with E-state index in [1.165, 1.54) is 16.7 Å². The maximum absolute atomic E-state index is 4.67. The standard InChI is InChI=1S/C21H21BrN4/c1-15-24-20(23-13-16-5-3-2-4-6-16)12-21(25-15)26-10-9-17-7-8-19(22)11-18(17)14-26/h2-8,11-12H,9-10,13-14H2,1H3,(H,23,24,25). The van der Waals surface area contributed by atoms with Crippen LogP contribution in [0.3, 0.4) is 0 Å². The molecule has 26 heavy (non-hydrogen) atoms. The van der Waals surface area contributed by atoms with Crippen LogP contribution in [0.1, 0.15) is 22.5 Å². The summed E-state index contributed by atoms with van der Waals surface area (Å²) in [6, 6.07) is 19.0. The van der Waals surface area contributed by atoms with E-state index in [4.69, 9.17) is 0 Å². The fraction of sp³-hybridized carbons (Fsp3) is 0.238. The van der Waals surface area contributed by atoms with E-state index in [-0.39, 0.29) is 0 Å². The molecule has 0 saturated carbocycles. The van der Waals surface area contributed by atoms with E-state index < -0.39 is 0 Å². The van der Waals surface area contributed by atoms with Crippen molar-refractivity contribution in [1.82, 2.24) is 9.97 Å². The first kappa shape index (κ1) is 17.0. The highest BCUT2D eigenvalue weighted by molar-refractivity contribution is 9.10. The van der Waals surface area contributed by atoms with Crippen molar-refractivity contribution in [2.45, 2.75) is 26.4 Å². The highest BCUT2D eigenvalue weighted by atomic mass is 79.9. The van der Waals surface area contributed by atoms with Crippen molar-refractivity contribution in [2.24, 2.45) is 0 Å². The van der Waals surface area contributed by atoms with Crippen LogP contribution in [0.15, 0.2) is 59.1 Å². The van der Waals surface area contributed by atoms with Crippen molar-refractivity contribution in [3.05, 3.63) is 81.6 Å². The number of nitrogens with one attached hydrogen (secondary N) is 1. The third-order valence-electron chi connectivity index (χ3n) is 4.65. The molecule has 0 saturated heterocycles. The Labute approximate surface area is 162 Å². The molecule has 1 aromatic heterocycles. The molecule has 4 nitrogen and oxygen atoms in total. The number of hydrogen-bond donors (Lipinski definition) is 1. The monoisotopic (exact) mass is 408 g/mol. The zero-order valence-corrected chi connectivity index (χ0v) is 16.3. The van der Waals surface area contributed by atoms with Gasteiger partial charge < -0.3 is 10.2 Å². The minimum Gasteiger partial charge on any atom is -0.366 e. The van der Waals surface area contributed by atoms with Gasteiger partial charge in [0.15, 0.2) is 0 Å². The van der Waals surface area contributed by atoms with Gasteiger partial charge in [-0.1, -0.05) is 52.3 Å². The van der Waals surface area contributed by atoms with Gasteiger partial charge in [0.05, 0.1) is 0 Å². The average molecular weight is 409 g/mol. The molecule has 2 heterocycles. The van der Waals surface area contributed by atoms with Crippen LogP contribution in [0.5, 0.6) is 0 Å². The molecule has 1 aliphatic rings. The number of aromatic nitrogens is 2. The highest BCUT2D eigenvalue weighted by Crippen LogP contribution is 2.27. The first-order valence-electron chi connectivity index (χ1n) is 8.83. The number of aryl methyl sites for hydroxylation is 1. The molecule has 1 aliphatic heterocycles. The van der Waals surface area contributed by atoms with Crippen LogP contribution < -0.4 is 10.2 Å². The quantitative estimate of drug-likeness (QED) is 0.677. The van der Waals surface area contributed by atoms with Gasteiger partial charge in [0.1, 0.15) is 17.5 Å². The molecule has 0 spiro atoms. The first-order valence-corrected chi connectivity index (χ1v) is 9.62. The Morgan fingerprint density at radius 3 is 2.73 bits per heavy atom. The molecule has 3 aromatic rings. The van der Waals surface area contributed by atoms with Gasteiger partial charge in [0, 0.05) is 30.2 Å². The van der Waals surface area contributed by atoms with Crippen molar-refractivity contribution < 1.29 is 0 Å². The molecule has 0 aliphatic carbocycles. The normalized spacial score (nSPS) is 13.4. The summed E-state index contributed by atoms with van der Waals surface area (Å²) in [7, 11) is 0. The van der Waals surface area contributed by atoms with Gasteiger partial charge in [-0.2, -0.15) is 0 Å². The van der Waals surface area contributed by atoms with Gasteiger partial charge in [0.2, 0.25) is 0 Å². The number of nitrogens with zero attached hydrogens (tertiary/aromatic N) is 3. The van der Waals surface area contributed by atoms with Crippen LogP contribution in [0.2, 0.25) is 0 Å². The molecule has 0 unspecified atom stereocenters. The lowest BCUT2D eigenvalue weighted by Crippen LogP contribution is -2.31. The Morgan fingerprint density at radius 2 is 1.88 bits per heavy atom. The molecular weight excluding hydrogens is 388 g/mol. The van der Waals surface area contributed by atoms with Crippen molar-refractivity contribution in [2.75, 3.05) is 16.8 Å². The lowest BCUT2D eigenvalue weighted by Gasteiger charge is -2.30. The van der Waals surface area contributed by atoms with E-state index in [1.807, 2.05) is 13.0 Å². The number of benzene rings is 2. The summed E-state index contributed by atoms with van der Waals surface area (Å²) in [6.45, 7) is 4.56. The minimum absolute atomic E-state index is 0.756. The first-order chi connectivity index (χ1) is 12.7. The average Bonchev–Trinajstić information content (AvgIpc) is 2.66. The molecule has 132 valence electrons. The Kier molecular flexibility index (Phi) is 4.89. The van der Waals surface area contributed by atoms with E-state index in [1.54, 1.807) is 0 Å². The van der Waals surface area contributed by atoms with Crippen LogP contribution >= 0.6 is 15.9 Å². The lowest BCUT2D eigenvalue weighted by molar-refractivity contribution is 0.716. The largest absolute Gasteiger partial charge is 0.366 e. The van der Waals surface area contributed by atoms with Crippen LogP contribution in [0, 0.1) is 6.92 Å². The Bertz CT molecular complexity index is 911. The van der Waals surface area contributed by atoms with Gasteiger partial charge in [-0.3, -0.25) is 0 Å². The van der Waals surface area contributed by atoms with Crippen LogP contribution in [-0.2, 0) is 19.5 Å². The molecule has 0 bridgehead atoms. The van der Waals surface area contributed by atoms with Crippen molar-refractivity contribution >= 4 is 27.6 Å². The topological polar surface area (TPSA) is 41.1 Å². The Balaban J connectivity index is 1.53. The zero-order chi connectivity index (χ0) is 17.9. The second kappa shape index (κ2) is 7.46. The summed E-state index contributed by atoms with van der Waals surface area (Å²) < 4.78 is 1.13. The van der Waals surface area contributed by atoms with Crippen molar-refractivity contribution in [1.29, 1.82) is 0 Å². The Morgan fingerprint density at radius 1 is 1.04 bits per heavy atom. The second-order valence-corrected chi connectivity index (χ2v) is 7.50. The van der Waals surface area contributed by atoms with E-state index in [9.17, 15) is 0 Å². The molecule has 0 fully saturated rings. The van der Waals surface area contributed by atoms with Gasteiger partial charge in [-0.15, -0.1) is 0 Å². The highest BCUT2D eigenvalue weighted by Gasteiger charge is 2.18. The maximum atomic E-state index is 4.67. The number of halogens is 1. The fourth-order valence-corrected chi connectivity index (χ4v) is 3.72. The summed E-state index contributed by atoms with van der Waals surface area (Å²) in [5.41, 5.74) is 4.03. The SMILES string of the molecule is Cc1nc(NCc2ccccc2)cc(N2CCc3ccc(Br)cc3C2)n1. The fourth-order valence-electron chi connectivity index (χ4n) is 3.31. The van der Waals surface area contributed by atoms with Crippen molar-refractivity contribution in [3.8, 4) is 0 Å². The number of anilines is 2. The summed E-state index contributed by atoms with van der Waals surface area (Å²) in [5.74, 6) is 2.65. The molecular formula is C21H21BrN4. The molecule has 0 atom stereocenters. The molecule has 4 rings (SSSR count). The molecule has 0 radical (unpaired) electrons. The smallest absolute Gasteiger partial charge is 0.134 e. The van der Waals surface area contributed by atoms with Crippen molar-refractivity contribution in [3.63, 3.8) is 0 Å². The molecule has 1 N–H and O–H groups in total. The van der Waals surface area contributed by atoms with Gasteiger partial charge >= 0.3 is 0 Å². The number of hydrogen-bond acceptors (Lipinski definition) is 4. The number of rotatable bonds is 4. The van der Waals surface area contributed by atoms with Crippen LogP contribution in [-0.4, -0.2) is 16.5 Å². The van der Waals surface area contributed by atoms with Gasteiger partial charge in [-0.25, -0.2) is 9.97 Å². The van der Waals surface area contributed by atoms with E-state index >= 15 is 0 Å². The minimum atomic E-state index is 0.756. The number of fused-ring (bicyclic) bond motifs is 1. The Hall–Kier alpha value is -2.40. The predicted molar refractivity (Wildman–Crippen MR) is 109 cm³/mol. The van der Waals surface area contributed by atoms with Crippen LogP contribution in [0.4, 0.5) is 11.6 Å². The van der Waals surface area contributed by atoms with E-state index in [0.29, 0.717) is 0 Å². The molecule has 0 amide bonds. The van der Waals surface area contributed by atoms with E-state index in [0.717, 1.165) is 48.0 Å². The predicted octanol–water partition coefficient (Wildman–Crippen LogP) is 4.72. The van der Waals surface area contributed by atoms with E-state index in [2.05, 4.69) is 84.6 Å². The lowest BCUT2D eigenvalue weighted by atomic mass is 10.00. The third-order valence-corrected chi connectivity index (χ3v) is 5.14. The summed E-state index contributed by atoms with van der Waals surface area (Å²) in [4.78, 5) is 11.5. The maximum Gasteiger partial charge on any atom is 0.134 e.